The van der Waals surface area contributed by atoms with Crippen molar-refractivity contribution in [1.29, 1.82) is 0 Å². The quantitative estimate of drug-likeness (QED) is 0.696. The van der Waals surface area contributed by atoms with E-state index in [2.05, 4.69) is 15.5 Å². The molecular formula is C17H16N4O2. The van der Waals surface area contributed by atoms with E-state index in [0.717, 1.165) is 11.1 Å². The summed E-state index contributed by atoms with van der Waals surface area (Å²) in [6.45, 7) is 3.83. The highest BCUT2D eigenvalue weighted by atomic mass is 16.5. The van der Waals surface area contributed by atoms with Gasteiger partial charge in [-0.2, -0.15) is 4.68 Å². The number of ether oxygens (including phenoxy) is 1. The summed E-state index contributed by atoms with van der Waals surface area (Å²) in [6.07, 6.45) is 0. The molecule has 6 heteroatoms. The van der Waals surface area contributed by atoms with Crippen LogP contribution < -0.4 is 0 Å². The van der Waals surface area contributed by atoms with Crippen molar-refractivity contribution >= 4 is 5.97 Å². The summed E-state index contributed by atoms with van der Waals surface area (Å²) in [5, 5.41) is 11.5. The molecule has 0 N–H and O–H groups in total. The van der Waals surface area contributed by atoms with E-state index in [1.54, 1.807) is 23.7 Å². The number of hydrogen-bond acceptors (Lipinski definition) is 5. The third kappa shape index (κ3) is 2.96. The van der Waals surface area contributed by atoms with Gasteiger partial charge in [0.15, 0.2) is 5.82 Å². The van der Waals surface area contributed by atoms with Crippen LogP contribution in [0.4, 0.5) is 0 Å². The van der Waals surface area contributed by atoms with Gasteiger partial charge in [-0.05, 0) is 53.6 Å². The summed E-state index contributed by atoms with van der Waals surface area (Å²) in [6, 6.07) is 13.6. The summed E-state index contributed by atoms with van der Waals surface area (Å²) in [7, 11) is 1.36. The lowest BCUT2D eigenvalue weighted by Gasteiger charge is -2.10. The Morgan fingerprint density at radius 2 is 1.78 bits per heavy atom. The SMILES string of the molecule is COC(=O)c1cc(-c2ccc(C)cc2)cc(-n2nnnc2C)c1. The molecular weight excluding hydrogens is 292 g/mol. The molecule has 0 bridgehead atoms. The number of aromatic nitrogens is 4. The summed E-state index contributed by atoms with van der Waals surface area (Å²) < 4.78 is 6.44. The lowest BCUT2D eigenvalue weighted by Crippen LogP contribution is -2.06. The molecule has 116 valence electrons. The van der Waals surface area contributed by atoms with E-state index >= 15 is 0 Å². The predicted molar refractivity (Wildman–Crippen MR) is 85.4 cm³/mol. The first-order chi connectivity index (χ1) is 11.1. The molecule has 23 heavy (non-hydrogen) atoms. The molecule has 0 atom stereocenters. The standard InChI is InChI=1S/C17H16N4O2/c1-11-4-6-13(7-5-11)14-8-15(17(22)23-3)10-16(9-14)21-12(2)18-19-20-21/h4-10H,1-3H3. The molecule has 0 aliphatic heterocycles. The Bertz CT molecular complexity index is 853. The van der Waals surface area contributed by atoms with Gasteiger partial charge in [-0.15, -0.1) is 5.10 Å². The lowest BCUT2D eigenvalue weighted by atomic mass is 10.0. The Labute approximate surface area is 133 Å². The van der Waals surface area contributed by atoms with Crippen LogP contribution in [-0.4, -0.2) is 33.3 Å². The van der Waals surface area contributed by atoms with Crippen molar-refractivity contribution in [3.8, 4) is 16.8 Å². The van der Waals surface area contributed by atoms with E-state index in [9.17, 15) is 4.79 Å². The summed E-state index contributed by atoms with van der Waals surface area (Å²) in [4.78, 5) is 12.0. The van der Waals surface area contributed by atoms with E-state index in [4.69, 9.17) is 4.74 Å². The number of rotatable bonds is 3. The Morgan fingerprint density at radius 3 is 2.39 bits per heavy atom. The molecule has 0 spiro atoms. The van der Waals surface area contributed by atoms with Gasteiger partial charge in [0.05, 0.1) is 18.4 Å². The second-order valence-electron chi connectivity index (χ2n) is 5.26. The minimum absolute atomic E-state index is 0.397. The largest absolute Gasteiger partial charge is 0.465 e. The summed E-state index contributed by atoms with van der Waals surface area (Å²) in [5.41, 5.74) is 4.25. The third-order valence-electron chi connectivity index (χ3n) is 3.59. The van der Waals surface area contributed by atoms with Gasteiger partial charge in [-0.1, -0.05) is 29.8 Å². The first-order valence-corrected chi connectivity index (χ1v) is 7.14. The van der Waals surface area contributed by atoms with Crippen LogP contribution in [0.25, 0.3) is 16.8 Å². The topological polar surface area (TPSA) is 69.9 Å². The van der Waals surface area contributed by atoms with E-state index < -0.39 is 5.97 Å². The van der Waals surface area contributed by atoms with Crippen LogP contribution in [0.1, 0.15) is 21.7 Å². The zero-order valence-electron chi connectivity index (χ0n) is 13.1. The number of carbonyl (C=O) groups excluding carboxylic acids is 1. The molecule has 2 aromatic carbocycles. The van der Waals surface area contributed by atoms with Crippen LogP contribution in [-0.2, 0) is 4.74 Å². The number of benzene rings is 2. The fourth-order valence-electron chi connectivity index (χ4n) is 2.35. The maximum absolute atomic E-state index is 12.0. The van der Waals surface area contributed by atoms with Crippen LogP contribution in [0.2, 0.25) is 0 Å². The second-order valence-corrected chi connectivity index (χ2v) is 5.26. The van der Waals surface area contributed by atoms with Crippen LogP contribution in [0.3, 0.4) is 0 Å². The molecule has 0 aliphatic rings. The molecule has 1 heterocycles. The Balaban J connectivity index is 2.17. The predicted octanol–water partition coefficient (Wildman–Crippen LogP) is 2.73. The molecule has 0 radical (unpaired) electrons. The van der Waals surface area contributed by atoms with Gasteiger partial charge < -0.3 is 4.74 Å². The van der Waals surface area contributed by atoms with Crippen molar-refractivity contribution in [2.75, 3.05) is 7.11 Å². The van der Waals surface area contributed by atoms with Crippen molar-refractivity contribution in [2.45, 2.75) is 13.8 Å². The molecule has 0 fully saturated rings. The van der Waals surface area contributed by atoms with E-state index in [1.165, 1.54) is 12.7 Å². The van der Waals surface area contributed by atoms with Crippen LogP contribution in [0.5, 0.6) is 0 Å². The van der Waals surface area contributed by atoms with Crippen molar-refractivity contribution in [2.24, 2.45) is 0 Å². The minimum atomic E-state index is -0.397. The number of carbonyl (C=O) groups is 1. The normalized spacial score (nSPS) is 10.6. The number of esters is 1. The van der Waals surface area contributed by atoms with Gasteiger partial charge in [0.1, 0.15) is 0 Å². The molecule has 3 aromatic rings. The smallest absolute Gasteiger partial charge is 0.337 e. The number of tetrazole rings is 1. The fraction of sp³-hybridized carbons (Fsp3) is 0.176. The maximum Gasteiger partial charge on any atom is 0.337 e. The molecule has 0 aliphatic carbocycles. The van der Waals surface area contributed by atoms with E-state index in [1.807, 2.05) is 37.3 Å². The average Bonchev–Trinajstić information content (AvgIpc) is 3.00. The highest BCUT2D eigenvalue weighted by Gasteiger charge is 2.13. The van der Waals surface area contributed by atoms with Crippen molar-refractivity contribution in [3.63, 3.8) is 0 Å². The van der Waals surface area contributed by atoms with Gasteiger partial charge in [-0.3, -0.25) is 0 Å². The van der Waals surface area contributed by atoms with Gasteiger partial charge in [0, 0.05) is 0 Å². The Morgan fingerprint density at radius 1 is 1.04 bits per heavy atom. The van der Waals surface area contributed by atoms with Gasteiger partial charge in [0.2, 0.25) is 0 Å². The maximum atomic E-state index is 12.0. The Hall–Kier alpha value is -3.02. The highest BCUT2D eigenvalue weighted by Crippen LogP contribution is 2.25. The monoisotopic (exact) mass is 308 g/mol. The van der Waals surface area contributed by atoms with Crippen molar-refractivity contribution in [1.82, 2.24) is 20.2 Å². The van der Waals surface area contributed by atoms with Gasteiger partial charge >= 0.3 is 5.97 Å². The molecule has 1 aromatic heterocycles. The average molecular weight is 308 g/mol. The van der Waals surface area contributed by atoms with E-state index in [-0.39, 0.29) is 0 Å². The first kappa shape index (κ1) is 14.9. The number of nitrogens with zero attached hydrogens (tertiary/aromatic N) is 4. The van der Waals surface area contributed by atoms with E-state index in [0.29, 0.717) is 17.1 Å². The summed E-state index contributed by atoms with van der Waals surface area (Å²) >= 11 is 0. The molecule has 0 saturated heterocycles. The molecule has 0 amide bonds. The fourth-order valence-corrected chi connectivity index (χ4v) is 2.35. The Kier molecular flexibility index (Phi) is 3.89. The zero-order valence-corrected chi connectivity index (χ0v) is 13.1. The number of hydrogen-bond donors (Lipinski definition) is 0. The molecule has 6 nitrogen and oxygen atoms in total. The minimum Gasteiger partial charge on any atom is -0.465 e. The highest BCUT2D eigenvalue weighted by molar-refractivity contribution is 5.92. The molecule has 0 unspecified atom stereocenters. The van der Waals surface area contributed by atoms with Crippen molar-refractivity contribution in [3.05, 3.63) is 59.4 Å². The van der Waals surface area contributed by atoms with Crippen molar-refractivity contribution < 1.29 is 9.53 Å². The van der Waals surface area contributed by atoms with Crippen LogP contribution in [0.15, 0.2) is 42.5 Å². The number of methoxy groups -OCH3 is 1. The molecule has 3 rings (SSSR count). The van der Waals surface area contributed by atoms with Crippen LogP contribution >= 0.6 is 0 Å². The third-order valence-corrected chi connectivity index (χ3v) is 3.59. The summed E-state index contributed by atoms with van der Waals surface area (Å²) in [5.74, 6) is 0.243. The van der Waals surface area contributed by atoms with Crippen LogP contribution in [0, 0.1) is 13.8 Å². The lowest BCUT2D eigenvalue weighted by molar-refractivity contribution is 0.0600. The second kappa shape index (κ2) is 6.00. The zero-order chi connectivity index (χ0) is 16.4. The van der Waals surface area contributed by atoms with Gasteiger partial charge in [-0.25, -0.2) is 4.79 Å². The molecule has 0 saturated carbocycles. The first-order valence-electron chi connectivity index (χ1n) is 7.14. The van der Waals surface area contributed by atoms with Gasteiger partial charge in [0.25, 0.3) is 0 Å². The number of aryl methyl sites for hydroxylation is 2.